The van der Waals surface area contributed by atoms with Crippen LogP contribution in [0.2, 0.25) is 0 Å². The molecule has 37 heavy (non-hydrogen) atoms. The molecule has 2 aromatic heterocycles. The Balaban J connectivity index is 1.55. The summed E-state index contributed by atoms with van der Waals surface area (Å²) >= 11 is 0. The predicted octanol–water partition coefficient (Wildman–Crippen LogP) is 1.87. The van der Waals surface area contributed by atoms with Crippen molar-refractivity contribution >= 4 is 45.9 Å². The van der Waals surface area contributed by atoms with Gasteiger partial charge in [0.1, 0.15) is 11.4 Å². The van der Waals surface area contributed by atoms with Crippen LogP contribution in [0.3, 0.4) is 0 Å². The fourth-order valence-corrected chi connectivity index (χ4v) is 3.31. The lowest BCUT2D eigenvalue weighted by Crippen LogP contribution is -2.38. The highest BCUT2D eigenvalue weighted by Crippen LogP contribution is 2.21. The molecule has 0 saturated carbocycles. The number of likely N-dealkylation sites (N-methyl/N-ethyl adjacent to an activating group) is 1. The lowest BCUT2D eigenvalue weighted by atomic mass is 10.2. The first-order valence-electron chi connectivity index (χ1n) is 11.9. The van der Waals surface area contributed by atoms with Crippen molar-refractivity contribution in [1.29, 1.82) is 0 Å². The molecule has 0 aliphatic carbocycles. The first-order chi connectivity index (χ1) is 17.9. The molecule has 194 valence electrons. The SMILES string of the molecule is C=CC(=O)N(C)CC(=O)NCCCNC(=O)c1cnc(Nc2ccc3cnncc3c2)nc1NCCC. The number of anilines is 3. The molecule has 0 atom stereocenters. The minimum Gasteiger partial charge on any atom is -0.369 e. The summed E-state index contributed by atoms with van der Waals surface area (Å²) in [6.07, 6.45) is 7.36. The Morgan fingerprint density at radius 3 is 2.54 bits per heavy atom. The summed E-state index contributed by atoms with van der Waals surface area (Å²) in [5.41, 5.74) is 1.10. The van der Waals surface area contributed by atoms with Crippen LogP contribution in [0.5, 0.6) is 0 Å². The van der Waals surface area contributed by atoms with Crippen molar-refractivity contribution in [2.45, 2.75) is 19.8 Å². The zero-order chi connectivity index (χ0) is 26.6. The summed E-state index contributed by atoms with van der Waals surface area (Å²) in [4.78, 5) is 46.2. The van der Waals surface area contributed by atoms with Crippen LogP contribution in [-0.4, -0.2) is 76.0 Å². The van der Waals surface area contributed by atoms with Crippen LogP contribution < -0.4 is 21.3 Å². The summed E-state index contributed by atoms with van der Waals surface area (Å²) in [6.45, 7) is 6.68. The quantitative estimate of drug-likeness (QED) is 0.201. The first kappa shape index (κ1) is 27.0. The minimum absolute atomic E-state index is 0.0608. The summed E-state index contributed by atoms with van der Waals surface area (Å²) in [6, 6.07) is 5.73. The maximum atomic E-state index is 12.8. The third-order valence-electron chi connectivity index (χ3n) is 5.27. The summed E-state index contributed by atoms with van der Waals surface area (Å²) in [5.74, 6) is -0.167. The van der Waals surface area contributed by atoms with E-state index in [9.17, 15) is 14.4 Å². The van der Waals surface area contributed by atoms with Gasteiger partial charge in [0.2, 0.25) is 17.8 Å². The van der Waals surface area contributed by atoms with Gasteiger partial charge in [-0.05, 0) is 31.1 Å². The van der Waals surface area contributed by atoms with E-state index in [-0.39, 0.29) is 24.3 Å². The molecular weight excluding hydrogens is 474 g/mol. The number of benzene rings is 1. The van der Waals surface area contributed by atoms with Crippen molar-refractivity contribution in [3.05, 3.63) is 55.0 Å². The highest BCUT2D eigenvalue weighted by molar-refractivity contribution is 5.98. The largest absolute Gasteiger partial charge is 0.369 e. The number of amides is 3. The number of carbonyl (C=O) groups excluding carboxylic acids is 3. The van der Waals surface area contributed by atoms with E-state index in [1.165, 1.54) is 18.1 Å². The Labute approximate surface area is 215 Å². The van der Waals surface area contributed by atoms with Crippen molar-refractivity contribution in [3.63, 3.8) is 0 Å². The number of hydrogen-bond acceptors (Lipinski definition) is 9. The van der Waals surface area contributed by atoms with Crippen LogP contribution in [0.15, 0.2) is 49.4 Å². The molecule has 3 amide bonds. The molecule has 0 fully saturated rings. The zero-order valence-corrected chi connectivity index (χ0v) is 21.0. The van der Waals surface area contributed by atoms with Crippen LogP contribution in [0.25, 0.3) is 10.8 Å². The van der Waals surface area contributed by atoms with Gasteiger partial charge in [0.05, 0.1) is 18.9 Å². The molecule has 1 aromatic carbocycles. The van der Waals surface area contributed by atoms with Gasteiger partial charge < -0.3 is 26.2 Å². The van der Waals surface area contributed by atoms with Crippen molar-refractivity contribution in [2.75, 3.05) is 43.9 Å². The van der Waals surface area contributed by atoms with Gasteiger partial charge in [0, 0.05) is 49.3 Å². The Hall–Kier alpha value is -4.61. The molecule has 0 saturated heterocycles. The van der Waals surface area contributed by atoms with Crippen molar-refractivity contribution in [3.8, 4) is 0 Å². The third kappa shape index (κ3) is 7.95. The molecule has 0 aliphatic heterocycles. The zero-order valence-electron chi connectivity index (χ0n) is 21.0. The normalized spacial score (nSPS) is 10.4. The molecule has 3 aromatic rings. The number of fused-ring (bicyclic) bond motifs is 1. The maximum Gasteiger partial charge on any atom is 0.256 e. The number of nitrogens with one attached hydrogen (secondary N) is 4. The Morgan fingerprint density at radius 1 is 1.03 bits per heavy atom. The number of aromatic nitrogens is 4. The fraction of sp³-hybridized carbons (Fsp3) is 0.320. The number of rotatable bonds is 13. The van der Waals surface area contributed by atoms with Crippen LogP contribution in [-0.2, 0) is 9.59 Å². The van der Waals surface area contributed by atoms with Crippen LogP contribution in [0, 0.1) is 0 Å². The lowest BCUT2D eigenvalue weighted by Gasteiger charge is -2.15. The fourth-order valence-electron chi connectivity index (χ4n) is 3.31. The van der Waals surface area contributed by atoms with E-state index in [0.29, 0.717) is 43.4 Å². The van der Waals surface area contributed by atoms with Crippen molar-refractivity contribution in [2.24, 2.45) is 0 Å². The Kier molecular flexibility index (Phi) is 9.82. The average Bonchev–Trinajstić information content (AvgIpc) is 2.91. The van der Waals surface area contributed by atoms with Gasteiger partial charge in [-0.3, -0.25) is 14.4 Å². The van der Waals surface area contributed by atoms with E-state index in [1.807, 2.05) is 25.1 Å². The highest BCUT2D eigenvalue weighted by Gasteiger charge is 2.15. The highest BCUT2D eigenvalue weighted by atomic mass is 16.2. The molecule has 0 radical (unpaired) electrons. The van der Waals surface area contributed by atoms with Crippen LogP contribution in [0.1, 0.15) is 30.1 Å². The van der Waals surface area contributed by atoms with E-state index in [2.05, 4.69) is 48.0 Å². The molecule has 12 nitrogen and oxygen atoms in total. The van der Waals surface area contributed by atoms with Gasteiger partial charge in [-0.15, -0.1) is 0 Å². The topological polar surface area (TPSA) is 154 Å². The van der Waals surface area contributed by atoms with Crippen molar-refractivity contribution < 1.29 is 14.4 Å². The van der Waals surface area contributed by atoms with Gasteiger partial charge in [0.25, 0.3) is 5.91 Å². The van der Waals surface area contributed by atoms with E-state index in [4.69, 9.17) is 0 Å². The van der Waals surface area contributed by atoms with Gasteiger partial charge in [-0.25, -0.2) is 4.98 Å². The first-order valence-corrected chi connectivity index (χ1v) is 11.9. The Morgan fingerprint density at radius 2 is 1.78 bits per heavy atom. The summed E-state index contributed by atoms with van der Waals surface area (Å²) in [5, 5.41) is 21.6. The molecular formula is C25H31N9O3. The second-order valence-corrected chi connectivity index (χ2v) is 8.20. The van der Waals surface area contributed by atoms with Gasteiger partial charge in [-0.1, -0.05) is 19.6 Å². The second kappa shape index (κ2) is 13.5. The molecule has 2 heterocycles. The van der Waals surface area contributed by atoms with Crippen LogP contribution in [0.4, 0.5) is 17.5 Å². The molecule has 0 unspecified atom stereocenters. The Bertz CT molecular complexity index is 1270. The molecule has 4 N–H and O–H groups in total. The van der Waals surface area contributed by atoms with E-state index in [1.54, 1.807) is 12.4 Å². The molecule has 0 bridgehead atoms. The van der Waals surface area contributed by atoms with Gasteiger partial charge in [-0.2, -0.15) is 15.2 Å². The number of nitrogens with zero attached hydrogens (tertiary/aromatic N) is 5. The predicted molar refractivity (Wildman–Crippen MR) is 141 cm³/mol. The molecule has 0 aliphatic rings. The monoisotopic (exact) mass is 505 g/mol. The summed E-state index contributed by atoms with van der Waals surface area (Å²) < 4.78 is 0. The molecule has 3 rings (SSSR count). The molecule has 12 heteroatoms. The molecule has 0 spiro atoms. The van der Waals surface area contributed by atoms with Gasteiger partial charge >= 0.3 is 0 Å². The average molecular weight is 506 g/mol. The van der Waals surface area contributed by atoms with Gasteiger partial charge in [0.15, 0.2) is 0 Å². The minimum atomic E-state index is -0.328. The smallest absolute Gasteiger partial charge is 0.256 e. The van der Waals surface area contributed by atoms with E-state index >= 15 is 0 Å². The second-order valence-electron chi connectivity index (χ2n) is 8.20. The third-order valence-corrected chi connectivity index (χ3v) is 5.27. The lowest BCUT2D eigenvalue weighted by molar-refractivity contribution is -0.131. The number of carbonyl (C=O) groups is 3. The maximum absolute atomic E-state index is 12.8. The van der Waals surface area contributed by atoms with Crippen molar-refractivity contribution in [1.82, 2.24) is 35.7 Å². The van der Waals surface area contributed by atoms with Crippen LogP contribution >= 0.6 is 0 Å². The van der Waals surface area contributed by atoms with E-state index < -0.39 is 0 Å². The summed E-state index contributed by atoms with van der Waals surface area (Å²) in [7, 11) is 1.52. The standard InChI is InChI=1S/C25H31N9O3/c1-4-9-27-23-20(24(37)28-11-6-10-26-21(35)16-34(3)22(36)5-2)15-29-25(33-23)32-19-8-7-17-13-30-31-14-18(17)12-19/h5,7-8,12-15H,2,4,6,9-11,16H2,1,3H3,(H,26,35)(H,28,37)(H2,27,29,32,33). The number of hydrogen-bond donors (Lipinski definition) is 4. The van der Waals surface area contributed by atoms with E-state index in [0.717, 1.165) is 29.0 Å².